The Morgan fingerprint density at radius 2 is 1.80 bits per heavy atom. The van der Waals surface area contributed by atoms with Gasteiger partial charge in [0.2, 0.25) is 0 Å². The Kier molecular flexibility index (Phi) is 5.94. The van der Waals surface area contributed by atoms with Crippen LogP contribution in [0.25, 0.3) is 0 Å². The summed E-state index contributed by atoms with van der Waals surface area (Å²) in [5.74, 6) is 2.15. The molecule has 0 unspecified atom stereocenters. The molecule has 1 saturated heterocycles. The molecular weight excluding hydrogens is 402 g/mol. The van der Waals surface area contributed by atoms with Crippen LogP contribution in [-0.2, 0) is 0 Å². The van der Waals surface area contributed by atoms with Crippen molar-refractivity contribution in [2.75, 3.05) is 41.7 Å². The fourth-order valence-corrected chi connectivity index (χ4v) is 3.37. The third-order valence-corrected chi connectivity index (χ3v) is 5.16. The first-order valence-electron chi connectivity index (χ1n) is 9.67. The van der Waals surface area contributed by atoms with Gasteiger partial charge in [-0.25, -0.2) is 9.78 Å². The minimum atomic E-state index is -0.154. The van der Waals surface area contributed by atoms with E-state index in [-0.39, 0.29) is 6.03 Å². The monoisotopic (exact) mass is 423 g/mol. The molecule has 2 amide bonds. The van der Waals surface area contributed by atoms with Gasteiger partial charge in [0.25, 0.3) is 0 Å². The standard InChI is InChI=1S/C21H22ClN7O/c1-15-8-9-23-19(14-15)25-18-6-7-20(27-26-18)28-10-12-29(13-11-28)21(30)24-17-5-3-2-4-16(17)22/h2-9,14H,10-13H2,1H3,(H,24,30)(H,23,25,26). The lowest BCUT2D eigenvalue weighted by Gasteiger charge is -2.35. The highest BCUT2D eigenvalue weighted by Gasteiger charge is 2.22. The van der Waals surface area contributed by atoms with Crippen molar-refractivity contribution in [3.63, 3.8) is 0 Å². The fourth-order valence-electron chi connectivity index (χ4n) is 3.19. The van der Waals surface area contributed by atoms with Gasteiger partial charge in [-0.05, 0) is 48.9 Å². The van der Waals surface area contributed by atoms with Gasteiger partial charge >= 0.3 is 6.03 Å². The van der Waals surface area contributed by atoms with Crippen molar-refractivity contribution in [3.8, 4) is 0 Å². The number of hydrogen-bond acceptors (Lipinski definition) is 6. The first-order valence-corrected chi connectivity index (χ1v) is 10.0. The SMILES string of the molecule is Cc1ccnc(Nc2ccc(N3CCN(C(=O)Nc4ccccc4Cl)CC3)nn2)c1. The van der Waals surface area contributed by atoms with Gasteiger partial charge in [0.15, 0.2) is 11.6 Å². The summed E-state index contributed by atoms with van der Waals surface area (Å²) >= 11 is 6.12. The number of anilines is 4. The Bertz CT molecular complexity index is 1020. The van der Waals surface area contributed by atoms with Gasteiger partial charge in [0.1, 0.15) is 5.82 Å². The molecule has 1 fully saturated rings. The minimum absolute atomic E-state index is 0.154. The number of urea groups is 1. The highest BCUT2D eigenvalue weighted by Crippen LogP contribution is 2.22. The van der Waals surface area contributed by atoms with E-state index in [0.717, 1.165) is 17.2 Å². The highest BCUT2D eigenvalue weighted by atomic mass is 35.5. The molecule has 1 aliphatic heterocycles. The molecule has 1 aromatic carbocycles. The molecule has 0 aliphatic carbocycles. The highest BCUT2D eigenvalue weighted by molar-refractivity contribution is 6.33. The van der Waals surface area contributed by atoms with Crippen LogP contribution in [0.3, 0.4) is 0 Å². The first-order chi connectivity index (χ1) is 14.6. The van der Waals surface area contributed by atoms with Crippen LogP contribution in [0, 0.1) is 6.92 Å². The molecule has 8 nitrogen and oxygen atoms in total. The van der Waals surface area contributed by atoms with E-state index in [2.05, 4.69) is 30.7 Å². The second kappa shape index (κ2) is 8.96. The Hall–Kier alpha value is -3.39. The summed E-state index contributed by atoms with van der Waals surface area (Å²) in [5.41, 5.74) is 1.73. The predicted molar refractivity (Wildman–Crippen MR) is 119 cm³/mol. The lowest BCUT2D eigenvalue weighted by Crippen LogP contribution is -2.50. The van der Waals surface area contributed by atoms with E-state index in [1.165, 1.54) is 0 Å². The molecule has 2 N–H and O–H groups in total. The quantitative estimate of drug-likeness (QED) is 0.661. The number of benzene rings is 1. The maximum absolute atomic E-state index is 12.5. The zero-order valence-electron chi connectivity index (χ0n) is 16.5. The van der Waals surface area contributed by atoms with E-state index in [4.69, 9.17) is 11.6 Å². The van der Waals surface area contributed by atoms with E-state index in [1.54, 1.807) is 23.2 Å². The van der Waals surface area contributed by atoms with Crippen molar-refractivity contribution in [2.45, 2.75) is 6.92 Å². The summed E-state index contributed by atoms with van der Waals surface area (Å²) in [6, 6.07) is 14.7. The van der Waals surface area contributed by atoms with Gasteiger partial charge in [-0.15, -0.1) is 10.2 Å². The number of hydrogen-bond donors (Lipinski definition) is 2. The number of aromatic nitrogens is 3. The average molecular weight is 424 g/mol. The average Bonchev–Trinajstić information content (AvgIpc) is 2.76. The van der Waals surface area contributed by atoms with E-state index >= 15 is 0 Å². The largest absolute Gasteiger partial charge is 0.352 e. The first kappa shape index (κ1) is 19.9. The van der Waals surface area contributed by atoms with Gasteiger partial charge < -0.3 is 20.4 Å². The van der Waals surface area contributed by atoms with Crippen LogP contribution >= 0.6 is 11.6 Å². The Morgan fingerprint density at radius 3 is 2.50 bits per heavy atom. The van der Waals surface area contributed by atoms with Crippen LogP contribution in [0.15, 0.2) is 54.7 Å². The number of carbonyl (C=O) groups excluding carboxylic acids is 1. The molecule has 0 radical (unpaired) electrons. The van der Waals surface area contributed by atoms with Crippen molar-refractivity contribution >= 4 is 40.8 Å². The van der Waals surface area contributed by atoms with E-state index in [1.807, 2.05) is 43.3 Å². The zero-order chi connectivity index (χ0) is 20.9. The zero-order valence-corrected chi connectivity index (χ0v) is 17.3. The third-order valence-electron chi connectivity index (χ3n) is 4.83. The number of nitrogens with zero attached hydrogens (tertiary/aromatic N) is 5. The number of halogens is 1. The van der Waals surface area contributed by atoms with Gasteiger partial charge in [0, 0.05) is 32.4 Å². The molecule has 3 heterocycles. The van der Waals surface area contributed by atoms with E-state index in [9.17, 15) is 4.79 Å². The molecule has 154 valence electrons. The maximum Gasteiger partial charge on any atom is 0.322 e. The van der Waals surface area contributed by atoms with Crippen LogP contribution in [0.4, 0.5) is 27.9 Å². The lowest BCUT2D eigenvalue weighted by atomic mass is 10.3. The summed E-state index contributed by atoms with van der Waals surface area (Å²) in [5, 5.41) is 15.1. The van der Waals surface area contributed by atoms with Crippen LogP contribution in [0.5, 0.6) is 0 Å². The number of para-hydroxylation sites is 1. The van der Waals surface area contributed by atoms with Gasteiger partial charge in [-0.2, -0.15) is 0 Å². The topological polar surface area (TPSA) is 86.3 Å². The number of rotatable bonds is 4. The van der Waals surface area contributed by atoms with Crippen LogP contribution in [0.2, 0.25) is 5.02 Å². The second-order valence-electron chi connectivity index (χ2n) is 7.00. The number of carbonyl (C=O) groups is 1. The predicted octanol–water partition coefficient (Wildman–Crippen LogP) is 3.93. The Morgan fingerprint density at radius 1 is 1.00 bits per heavy atom. The summed E-state index contributed by atoms with van der Waals surface area (Å²) in [6.45, 7) is 4.54. The molecule has 3 aromatic rings. The number of pyridine rings is 1. The molecule has 4 rings (SSSR count). The number of aryl methyl sites for hydroxylation is 1. The van der Waals surface area contributed by atoms with Gasteiger partial charge in [-0.1, -0.05) is 23.7 Å². The summed E-state index contributed by atoms with van der Waals surface area (Å²) in [6.07, 6.45) is 1.75. The van der Waals surface area contributed by atoms with E-state index in [0.29, 0.717) is 42.7 Å². The Labute approximate surface area is 179 Å². The summed E-state index contributed by atoms with van der Waals surface area (Å²) < 4.78 is 0. The number of amides is 2. The van der Waals surface area contributed by atoms with Crippen molar-refractivity contribution in [3.05, 3.63) is 65.3 Å². The molecule has 1 aliphatic rings. The van der Waals surface area contributed by atoms with Crippen molar-refractivity contribution in [2.24, 2.45) is 0 Å². The van der Waals surface area contributed by atoms with Gasteiger partial charge in [-0.3, -0.25) is 0 Å². The lowest BCUT2D eigenvalue weighted by molar-refractivity contribution is 0.208. The molecule has 0 saturated carbocycles. The van der Waals surface area contributed by atoms with Crippen molar-refractivity contribution in [1.29, 1.82) is 0 Å². The van der Waals surface area contributed by atoms with Crippen molar-refractivity contribution < 1.29 is 4.79 Å². The summed E-state index contributed by atoms with van der Waals surface area (Å²) in [7, 11) is 0. The molecule has 0 spiro atoms. The van der Waals surface area contributed by atoms with Crippen molar-refractivity contribution in [1.82, 2.24) is 20.1 Å². The molecule has 9 heteroatoms. The maximum atomic E-state index is 12.5. The second-order valence-corrected chi connectivity index (χ2v) is 7.41. The smallest absolute Gasteiger partial charge is 0.322 e. The normalized spacial score (nSPS) is 13.8. The minimum Gasteiger partial charge on any atom is -0.352 e. The fraction of sp³-hybridized carbons (Fsp3) is 0.238. The molecule has 2 aromatic heterocycles. The molecule has 30 heavy (non-hydrogen) atoms. The van der Waals surface area contributed by atoms with Crippen LogP contribution < -0.4 is 15.5 Å². The molecule has 0 atom stereocenters. The Balaban J connectivity index is 1.31. The molecular formula is C21H22ClN7O. The number of nitrogens with one attached hydrogen (secondary N) is 2. The van der Waals surface area contributed by atoms with Gasteiger partial charge in [0.05, 0.1) is 10.7 Å². The van der Waals surface area contributed by atoms with Crippen LogP contribution in [-0.4, -0.2) is 52.3 Å². The third kappa shape index (κ3) is 4.77. The molecule has 0 bridgehead atoms. The van der Waals surface area contributed by atoms with Crippen LogP contribution in [0.1, 0.15) is 5.56 Å². The summed E-state index contributed by atoms with van der Waals surface area (Å²) in [4.78, 5) is 20.6. The number of piperazine rings is 1. The van der Waals surface area contributed by atoms with E-state index < -0.39 is 0 Å².